The van der Waals surface area contributed by atoms with Crippen molar-refractivity contribution >= 4 is 33.3 Å². The number of amides is 1. The number of benzene rings is 3. The average Bonchev–Trinajstić information content (AvgIpc) is 3.24. The zero-order chi connectivity index (χ0) is 21.4. The van der Waals surface area contributed by atoms with E-state index >= 15 is 0 Å². The van der Waals surface area contributed by atoms with Crippen LogP contribution in [0.3, 0.4) is 0 Å². The number of aliphatic hydroxyl groups is 1. The van der Waals surface area contributed by atoms with Crippen LogP contribution in [-0.4, -0.2) is 31.4 Å². The molecule has 0 spiro atoms. The molecule has 0 bridgehead atoms. The number of rotatable bonds is 4. The van der Waals surface area contributed by atoms with Crippen molar-refractivity contribution in [1.29, 1.82) is 0 Å². The van der Waals surface area contributed by atoms with Crippen LogP contribution in [0.1, 0.15) is 16.1 Å². The third kappa shape index (κ3) is 3.24. The third-order valence-electron chi connectivity index (χ3n) is 5.17. The highest BCUT2D eigenvalue weighted by molar-refractivity contribution is 6.11. The number of aliphatic hydroxyl groups excluding tert-OH is 1. The van der Waals surface area contributed by atoms with Gasteiger partial charge in [-0.2, -0.15) is 10.2 Å². The second-order valence-corrected chi connectivity index (χ2v) is 7.05. The average molecular weight is 411 g/mol. The minimum atomic E-state index is -0.360. The van der Waals surface area contributed by atoms with Crippen LogP contribution in [0.15, 0.2) is 71.5 Å². The summed E-state index contributed by atoms with van der Waals surface area (Å²) in [5, 5.41) is 28.4. The minimum Gasteiger partial charge on any atom is -0.392 e. The number of anilines is 1. The molecule has 152 valence electrons. The number of H-pyrrole nitrogens is 2. The van der Waals surface area contributed by atoms with Crippen molar-refractivity contribution in [1.82, 2.24) is 20.4 Å². The summed E-state index contributed by atoms with van der Waals surface area (Å²) in [4.78, 5) is 24.8. The van der Waals surface area contributed by atoms with Crippen LogP contribution in [-0.2, 0) is 6.61 Å². The number of aromatic nitrogens is 4. The molecule has 8 nitrogen and oxygen atoms in total. The van der Waals surface area contributed by atoms with Gasteiger partial charge >= 0.3 is 0 Å². The smallest absolute Gasteiger partial charge is 0.276 e. The SMILES string of the molecule is O=C(Nc1ccc(-c2n[nH]c(=O)c3ccccc23)c(CO)c1)c1n[nH]c2ccccc12. The van der Waals surface area contributed by atoms with Crippen molar-refractivity contribution in [3.8, 4) is 11.3 Å². The highest BCUT2D eigenvalue weighted by atomic mass is 16.3. The first-order chi connectivity index (χ1) is 15.2. The van der Waals surface area contributed by atoms with Crippen molar-refractivity contribution < 1.29 is 9.90 Å². The van der Waals surface area contributed by atoms with E-state index in [2.05, 4.69) is 25.7 Å². The zero-order valence-electron chi connectivity index (χ0n) is 16.2. The highest BCUT2D eigenvalue weighted by Gasteiger charge is 2.16. The van der Waals surface area contributed by atoms with Crippen LogP contribution in [0.4, 0.5) is 5.69 Å². The Labute approximate surface area is 175 Å². The van der Waals surface area contributed by atoms with Gasteiger partial charge in [0, 0.05) is 22.0 Å². The van der Waals surface area contributed by atoms with Gasteiger partial charge in [0.15, 0.2) is 5.69 Å². The fourth-order valence-electron chi connectivity index (χ4n) is 3.68. The van der Waals surface area contributed by atoms with Crippen molar-refractivity contribution in [3.63, 3.8) is 0 Å². The molecule has 0 unspecified atom stereocenters. The van der Waals surface area contributed by atoms with Crippen LogP contribution in [0.25, 0.3) is 32.9 Å². The van der Waals surface area contributed by atoms with E-state index < -0.39 is 0 Å². The Balaban J connectivity index is 1.52. The third-order valence-corrected chi connectivity index (χ3v) is 5.17. The van der Waals surface area contributed by atoms with Crippen LogP contribution < -0.4 is 10.9 Å². The largest absolute Gasteiger partial charge is 0.392 e. The van der Waals surface area contributed by atoms with Gasteiger partial charge in [0.05, 0.1) is 23.2 Å². The molecule has 0 fully saturated rings. The summed E-state index contributed by atoms with van der Waals surface area (Å²) >= 11 is 0. The molecule has 0 saturated heterocycles. The van der Waals surface area contributed by atoms with E-state index in [-0.39, 0.29) is 18.1 Å². The predicted molar refractivity (Wildman–Crippen MR) is 118 cm³/mol. The molecule has 2 aromatic heterocycles. The number of para-hydroxylation sites is 1. The van der Waals surface area contributed by atoms with Gasteiger partial charge in [0.25, 0.3) is 11.5 Å². The van der Waals surface area contributed by atoms with Gasteiger partial charge in [-0.3, -0.25) is 14.7 Å². The highest BCUT2D eigenvalue weighted by Crippen LogP contribution is 2.29. The van der Waals surface area contributed by atoms with Gasteiger partial charge in [-0.25, -0.2) is 5.10 Å². The lowest BCUT2D eigenvalue weighted by Gasteiger charge is -2.12. The molecule has 1 amide bonds. The first-order valence-electron chi connectivity index (χ1n) is 9.62. The molecule has 0 saturated carbocycles. The number of carbonyl (C=O) groups is 1. The monoisotopic (exact) mass is 411 g/mol. The predicted octanol–water partition coefficient (Wildman–Crippen LogP) is 3.21. The standard InChI is InChI=1S/C23H17N5O3/c29-12-13-11-14(24-23(31)21-18-7-3-4-8-19(18)25-27-21)9-10-15(13)20-16-5-1-2-6-17(16)22(30)28-26-20/h1-11,29H,12H2,(H,24,31)(H,25,27)(H,28,30). The molecule has 5 rings (SSSR count). The fourth-order valence-corrected chi connectivity index (χ4v) is 3.68. The number of hydrogen-bond donors (Lipinski definition) is 4. The van der Waals surface area contributed by atoms with E-state index in [1.165, 1.54) is 0 Å². The van der Waals surface area contributed by atoms with Crippen molar-refractivity contribution in [2.45, 2.75) is 6.61 Å². The molecule has 0 atom stereocenters. The maximum absolute atomic E-state index is 12.7. The lowest BCUT2D eigenvalue weighted by Crippen LogP contribution is -2.13. The molecular formula is C23H17N5O3. The molecule has 0 aliphatic heterocycles. The first kappa shape index (κ1) is 18.7. The van der Waals surface area contributed by atoms with E-state index in [1.54, 1.807) is 30.3 Å². The van der Waals surface area contributed by atoms with Gasteiger partial charge in [0.1, 0.15) is 0 Å². The van der Waals surface area contributed by atoms with E-state index in [1.807, 2.05) is 36.4 Å². The zero-order valence-corrected chi connectivity index (χ0v) is 16.2. The normalized spacial score (nSPS) is 11.1. The maximum atomic E-state index is 12.7. The van der Waals surface area contributed by atoms with Crippen molar-refractivity contribution in [2.24, 2.45) is 0 Å². The molecule has 0 aliphatic carbocycles. The van der Waals surface area contributed by atoms with Gasteiger partial charge in [0.2, 0.25) is 0 Å². The minimum absolute atomic E-state index is 0.264. The number of hydrogen-bond acceptors (Lipinski definition) is 5. The van der Waals surface area contributed by atoms with Gasteiger partial charge in [-0.1, -0.05) is 42.5 Å². The second-order valence-electron chi connectivity index (χ2n) is 7.05. The molecular weight excluding hydrogens is 394 g/mol. The van der Waals surface area contributed by atoms with E-state index in [4.69, 9.17) is 0 Å². The molecule has 8 heteroatoms. The van der Waals surface area contributed by atoms with Crippen LogP contribution in [0.5, 0.6) is 0 Å². The van der Waals surface area contributed by atoms with Crippen molar-refractivity contribution in [2.75, 3.05) is 5.32 Å². The molecule has 5 aromatic rings. The number of nitrogens with one attached hydrogen (secondary N) is 3. The Hall–Kier alpha value is -4.30. The summed E-state index contributed by atoms with van der Waals surface area (Å²) < 4.78 is 0. The number of fused-ring (bicyclic) bond motifs is 2. The summed E-state index contributed by atoms with van der Waals surface area (Å²) in [5.74, 6) is -0.360. The lowest BCUT2D eigenvalue weighted by molar-refractivity contribution is 0.102. The molecule has 2 heterocycles. The molecule has 3 aromatic carbocycles. The maximum Gasteiger partial charge on any atom is 0.276 e. The molecule has 0 radical (unpaired) electrons. The quantitative estimate of drug-likeness (QED) is 0.362. The summed E-state index contributed by atoms with van der Waals surface area (Å²) in [6.07, 6.45) is 0. The molecule has 31 heavy (non-hydrogen) atoms. The van der Waals surface area contributed by atoms with Crippen molar-refractivity contribution in [3.05, 3.63) is 88.3 Å². The summed E-state index contributed by atoms with van der Waals surface area (Å²) in [6.45, 7) is -0.264. The van der Waals surface area contributed by atoms with E-state index in [0.29, 0.717) is 39.0 Å². The van der Waals surface area contributed by atoms with Gasteiger partial charge in [-0.05, 0) is 29.8 Å². The van der Waals surface area contributed by atoms with Crippen LogP contribution in [0, 0.1) is 0 Å². The Bertz CT molecular complexity index is 1500. The Morgan fingerprint density at radius 1 is 0.903 bits per heavy atom. The summed E-state index contributed by atoms with van der Waals surface area (Å²) in [6, 6.07) is 19.7. The number of nitrogens with zero attached hydrogens (tertiary/aromatic N) is 2. The second kappa shape index (κ2) is 7.51. The van der Waals surface area contributed by atoms with Gasteiger partial charge < -0.3 is 10.4 Å². The summed E-state index contributed by atoms with van der Waals surface area (Å²) in [5.41, 5.74) is 3.08. The summed E-state index contributed by atoms with van der Waals surface area (Å²) in [7, 11) is 0. The Morgan fingerprint density at radius 2 is 1.65 bits per heavy atom. The fraction of sp³-hybridized carbons (Fsp3) is 0.0435. The number of carbonyl (C=O) groups excluding carboxylic acids is 1. The first-order valence-corrected chi connectivity index (χ1v) is 9.62. The van der Waals surface area contributed by atoms with Crippen LogP contribution in [0.2, 0.25) is 0 Å². The van der Waals surface area contributed by atoms with Gasteiger partial charge in [-0.15, -0.1) is 0 Å². The number of aromatic amines is 2. The Morgan fingerprint density at radius 3 is 2.45 bits per heavy atom. The lowest BCUT2D eigenvalue weighted by atomic mass is 9.99. The van der Waals surface area contributed by atoms with Crippen LogP contribution >= 0.6 is 0 Å². The van der Waals surface area contributed by atoms with E-state index in [0.717, 1.165) is 10.9 Å². The topological polar surface area (TPSA) is 124 Å². The molecule has 4 N–H and O–H groups in total. The Kier molecular flexibility index (Phi) is 4.53. The molecule has 0 aliphatic rings. The van der Waals surface area contributed by atoms with E-state index in [9.17, 15) is 14.7 Å².